The molecule has 0 aliphatic carbocycles. The van der Waals surface area contributed by atoms with E-state index in [4.69, 9.17) is 5.26 Å². The van der Waals surface area contributed by atoms with Crippen molar-refractivity contribution in [2.75, 3.05) is 0 Å². The SMILES string of the molecule is N#CCn1c(=O)sc2ccccc21. The largest absolute Gasteiger partial charge is 0.309 e. The van der Waals surface area contributed by atoms with Crippen LogP contribution in [0.15, 0.2) is 29.1 Å². The highest BCUT2D eigenvalue weighted by molar-refractivity contribution is 7.16. The van der Waals surface area contributed by atoms with E-state index in [1.807, 2.05) is 30.3 Å². The molecule has 0 aliphatic rings. The van der Waals surface area contributed by atoms with Gasteiger partial charge in [-0.05, 0) is 12.1 Å². The molecule has 0 N–H and O–H groups in total. The first-order valence-corrected chi connectivity index (χ1v) is 4.60. The molecule has 0 radical (unpaired) electrons. The molecule has 0 bridgehead atoms. The van der Waals surface area contributed by atoms with Gasteiger partial charge in [0.1, 0.15) is 6.54 Å². The minimum absolute atomic E-state index is 0.0669. The summed E-state index contributed by atoms with van der Waals surface area (Å²) in [5.74, 6) is 0. The van der Waals surface area contributed by atoms with Crippen LogP contribution in [-0.4, -0.2) is 4.57 Å². The smallest absolute Gasteiger partial charge is 0.285 e. The number of nitriles is 1. The quantitative estimate of drug-likeness (QED) is 0.685. The number of hydrogen-bond donors (Lipinski definition) is 0. The summed E-state index contributed by atoms with van der Waals surface area (Å²) in [7, 11) is 0. The lowest BCUT2D eigenvalue weighted by molar-refractivity contribution is 0.851. The fourth-order valence-corrected chi connectivity index (χ4v) is 2.13. The first-order valence-electron chi connectivity index (χ1n) is 3.78. The molecule has 0 amide bonds. The molecule has 0 fully saturated rings. The molecule has 0 atom stereocenters. The van der Waals surface area contributed by atoms with E-state index >= 15 is 0 Å². The topological polar surface area (TPSA) is 45.8 Å². The molecule has 2 aromatic rings. The van der Waals surface area contributed by atoms with Crippen molar-refractivity contribution in [3.8, 4) is 6.07 Å². The monoisotopic (exact) mass is 190 g/mol. The van der Waals surface area contributed by atoms with Gasteiger partial charge in [-0.2, -0.15) is 5.26 Å². The van der Waals surface area contributed by atoms with Crippen LogP contribution in [0.4, 0.5) is 0 Å². The highest BCUT2D eigenvalue weighted by atomic mass is 32.1. The fourth-order valence-electron chi connectivity index (χ4n) is 1.23. The van der Waals surface area contributed by atoms with E-state index in [1.165, 1.54) is 15.9 Å². The lowest BCUT2D eigenvalue weighted by atomic mass is 10.3. The first kappa shape index (κ1) is 8.02. The van der Waals surface area contributed by atoms with Crippen molar-refractivity contribution in [3.05, 3.63) is 33.9 Å². The highest BCUT2D eigenvalue weighted by Gasteiger charge is 2.04. The van der Waals surface area contributed by atoms with Crippen molar-refractivity contribution in [3.63, 3.8) is 0 Å². The molecule has 1 aromatic heterocycles. The summed E-state index contributed by atoms with van der Waals surface area (Å²) in [4.78, 5) is 11.3. The van der Waals surface area contributed by atoms with Crippen LogP contribution in [0.1, 0.15) is 0 Å². The Morgan fingerprint density at radius 1 is 1.46 bits per heavy atom. The van der Waals surface area contributed by atoms with E-state index in [2.05, 4.69) is 0 Å². The number of thiazole rings is 1. The van der Waals surface area contributed by atoms with E-state index in [1.54, 1.807) is 0 Å². The normalized spacial score (nSPS) is 10.1. The summed E-state index contributed by atoms with van der Waals surface area (Å²) in [6.07, 6.45) is 0. The van der Waals surface area contributed by atoms with Gasteiger partial charge >= 0.3 is 4.87 Å². The number of hydrogen-bond acceptors (Lipinski definition) is 3. The van der Waals surface area contributed by atoms with Gasteiger partial charge in [0.15, 0.2) is 0 Å². The van der Waals surface area contributed by atoms with Gasteiger partial charge in [0, 0.05) is 0 Å². The maximum Gasteiger partial charge on any atom is 0.309 e. The van der Waals surface area contributed by atoms with E-state index in [9.17, 15) is 4.79 Å². The van der Waals surface area contributed by atoms with Gasteiger partial charge in [0.25, 0.3) is 0 Å². The molecule has 0 saturated heterocycles. The molecule has 1 heterocycles. The van der Waals surface area contributed by atoms with Crippen LogP contribution in [0.2, 0.25) is 0 Å². The molecule has 0 aliphatic heterocycles. The Hall–Kier alpha value is -1.60. The van der Waals surface area contributed by atoms with Crippen LogP contribution in [0, 0.1) is 11.3 Å². The van der Waals surface area contributed by atoms with Gasteiger partial charge < -0.3 is 0 Å². The fraction of sp³-hybridized carbons (Fsp3) is 0.111. The minimum Gasteiger partial charge on any atom is -0.285 e. The molecule has 0 saturated carbocycles. The molecule has 1 aromatic carbocycles. The zero-order valence-electron chi connectivity index (χ0n) is 6.73. The zero-order valence-corrected chi connectivity index (χ0v) is 7.54. The van der Waals surface area contributed by atoms with Crippen molar-refractivity contribution >= 4 is 21.6 Å². The van der Waals surface area contributed by atoms with E-state index in [0.717, 1.165) is 10.2 Å². The third-order valence-corrected chi connectivity index (χ3v) is 2.76. The van der Waals surface area contributed by atoms with Crippen LogP contribution >= 0.6 is 11.3 Å². The van der Waals surface area contributed by atoms with Gasteiger partial charge in [-0.1, -0.05) is 23.5 Å². The molecule has 13 heavy (non-hydrogen) atoms. The Morgan fingerprint density at radius 3 is 3.00 bits per heavy atom. The molecular weight excluding hydrogens is 184 g/mol. The lowest BCUT2D eigenvalue weighted by Gasteiger charge is -1.94. The Labute approximate surface area is 78.5 Å². The minimum atomic E-state index is -0.0669. The summed E-state index contributed by atoms with van der Waals surface area (Å²) < 4.78 is 2.42. The van der Waals surface area contributed by atoms with Crippen molar-refractivity contribution in [2.45, 2.75) is 6.54 Å². The van der Waals surface area contributed by atoms with Gasteiger partial charge in [0.05, 0.1) is 16.3 Å². The van der Waals surface area contributed by atoms with Crippen LogP contribution in [0.3, 0.4) is 0 Å². The highest BCUT2D eigenvalue weighted by Crippen LogP contribution is 2.15. The average molecular weight is 190 g/mol. The molecule has 0 spiro atoms. The molecule has 64 valence electrons. The van der Waals surface area contributed by atoms with Gasteiger partial charge in [-0.15, -0.1) is 0 Å². The summed E-state index contributed by atoms with van der Waals surface area (Å²) >= 11 is 1.17. The van der Waals surface area contributed by atoms with Gasteiger partial charge in [-0.3, -0.25) is 9.36 Å². The van der Waals surface area contributed by atoms with Gasteiger partial charge in [-0.25, -0.2) is 0 Å². The Morgan fingerprint density at radius 2 is 2.23 bits per heavy atom. The predicted molar refractivity (Wildman–Crippen MR) is 51.7 cm³/mol. The van der Waals surface area contributed by atoms with E-state index < -0.39 is 0 Å². The number of rotatable bonds is 1. The number of aromatic nitrogens is 1. The van der Waals surface area contributed by atoms with Crippen molar-refractivity contribution in [2.24, 2.45) is 0 Å². The van der Waals surface area contributed by atoms with Crippen molar-refractivity contribution in [1.82, 2.24) is 4.57 Å². The second kappa shape index (κ2) is 3.04. The Kier molecular flexibility index (Phi) is 1.87. The Balaban J connectivity index is 2.80. The molecular formula is C9H6N2OS. The summed E-state index contributed by atoms with van der Waals surface area (Å²) in [5, 5.41) is 8.52. The average Bonchev–Trinajstić information content (AvgIpc) is 2.44. The number of fused-ring (bicyclic) bond motifs is 1. The summed E-state index contributed by atoms with van der Waals surface area (Å²) in [6, 6.07) is 9.46. The van der Waals surface area contributed by atoms with Crippen LogP contribution < -0.4 is 4.87 Å². The second-order valence-electron chi connectivity index (χ2n) is 2.58. The summed E-state index contributed by atoms with van der Waals surface area (Å²) in [6.45, 7) is 0.128. The first-order chi connectivity index (χ1) is 6.33. The van der Waals surface area contributed by atoms with Crippen LogP contribution in [0.5, 0.6) is 0 Å². The van der Waals surface area contributed by atoms with Crippen molar-refractivity contribution in [1.29, 1.82) is 5.26 Å². The van der Waals surface area contributed by atoms with E-state index in [-0.39, 0.29) is 11.4 Å². The van der Waals surface area contributed by atoms with Crippen molar-refractivity contribution < 1.29 is 0 Å². The second-order valence-corrected chi connectivity index (χ2v) is 3.57. The van der Waals surface area contributed by atoms with E-state index in [0.29, 0.717) is 0 Å². The van der Waals surface area contributed by atoms with Crippen LogP contribution in [-0.2, 0) is 6.54 Å². The summed E-state index contributed by atoms with van der Waals surface area (Å²) in [5.41, 5.74) is 0.846. The van der Waals surface area contributed by atoms with Gasteiger partial charge in [0.2, 0.25) is 0 Å². The molecule has 2 rings (SSSR count). The molecule has 0 unspecified atom stereocenters. The lowest BCUT2D eigenvalue weighted by Crippen LogP contribution is -2.11. The number of nitrogens with zero attached hydrogens (tertiary/aromatic N) is 2. The maximum absolute atomic E-state index is 11.4. The standard InChI is InChI=1S/C9H6N2OS/c10-5-6-11-7-3-1-2-4-8(7)13-9(11)12/h1-4H,6H2. The predicted octanol–water partition coefficient (Wildman–Crippen LogP) is 1.59. The number of benzene rings is 1. The molecule has 4 heteroatoms. The Bertz CT molecular complexity index is 532. The maximum atomic E-state index is 11.4. The number of para-hydroxylation sites is 1. The van der Waals surface area contributed by atoms with Crippen LogP contribution in [0.25, 0.3) is 10.2 Å². The zero-order chi connectivity index (χ0) is 9.26. The third-order valence-electron chi connectivity index (χ3n) is 1.80. The molecule has 3 nitrogen and oxygen atoms in total. The third kappa shape index (κ3) is 1.23.